The van der Waals surface area contributed by atoms with E-state index < -0.39 is 0 Å². The summed E-state index contributed by atoms with van der Waals surface area (Å²) in [6.07, 6.45) is 1.82. The maximum Gasteiger partial charge on any atom is 0.305 e. The van der Waals surface area contributed by atoms with Crippen molar-refractivity contribution in [2.45, 2.75) is 25.4 Å². The van der Waals surface area contributed by atoms with Gasteiger partial charge in [-0.15, -0.1) is 0 Å². The van der Waals surface area contributed by atoms with Crippen LogP contribution in [-0.4, -0.2) is 35.8 Å². The number of carbonyl (C=O) groups excluding carboxylic acids is 1. The smallest absolute Gasteiger partial charge is 0.305 e. The van der Waals surface area contributed by atoms with E-state index in [4.69, 9.17) is 0 Å². The standard InChI is InChI=1S/C9H16O3S/c1-12-9(11)3-2-7-6-13-5-4-8(7)10/h7-8,10H,2-6H2,1H3/t7-,8+/m0/s1. The Morgan fingerprint density at radius 1 is 1.69 bits per heavy atom. The molecule has 0 amide bonds. The predicted octanol–water partition coefficient (Wildman–Crippen LogP) is 1.05. The summed E-state index contributed by atoms with van der Waals surface area (Å²) in [4.78, 5) is 10.9. The lowest BCUT2D eigenvalue weighted by Crippen LogP contribution is -2.28. The van der Waals surface area contributed by atoms with Gasteiger partial charge in [-0.05, 0) is 30.3 Å². The highest BCUT2D eigenvalue weighted by Crippen LogP contribution is 2.26. The van der Waals surface area contributed by atoms with Crippen molar-refractivity contribution in [3.8, 4) is 0 Å². The van der Waals surface area contributed by atoms with Crippen LogP contribution < -0.4 is 0 Å². The molecule has 1 rings (SSSR count). The van der Waals surface area contributed by atoms with Crippen LogP contribution in [0.1, 0.15) is 19.3 Å². The van der Waals surface area contributed by atoms with Crippen LogP contribution in [0.25, 0.3) is 0 Å². The van der Waals surface area contributed by atoms with Crippen LogP contribution in [0.3, 0.4) is 0 Å². The third kappa shape index (κ3) is 3.56. The lowest BCUT2D eigenvalue weighted by molar-refractivity contribution is -0.141. The number of hydrogen-bond donors (Lipinski definition) is 1. The quantitative estimate of drug-likeness (QED) is 0.698. The second-order valence-corrected chi connectivity index (χ2v) is 4.46. The Kier molecular flexibility index (Phi) is 4.59. The van der Waals surface area contributed by atoms with Crippen molar-refractivity contribution in [3.63, 3.8) is 0 Å². The number of methoxy groups -OCH3 is 1. The summed E-state index contributed by atoms with van der Waals surface area (Å²) in [5, 5.41) is 9.59. The van der Waals surface area contributed by atoms with Crippen LogP contribution in [0.2, 0.25) is 0 Å². The van der Waals surface area contributed by atoms with Crippen LogP contribution in [0.5, 0.6) is 0 Å². The maximum absolute atomic E-state index is 10.9. The van der Waals surface area contributed by atoms with Crippen LogP contribution in [0.15, 0.2) is 0 Å². The molecule has 0 radical (unpaired) electrons. The van der Waals surface area contributed by atoms with Crippen molar-refractivity contribution in [1.82, 2.24) is 0 Å². The van der Waals surface area contributed by atoms with Gasteiger partial charge < -0.3 is 9.84 Å². The van der Waals surface area contributed by atoms with Crippen molar-refractivity contribution >= 4 is 17.7 Å². The molecule has 1 heterocycles. The van der Waals surface area contributed by atoms with Gasteiger partial charge in [-0.1, -0.05) is 0 Å². The molecule has 1 aliphatic heterocycles. The fourth-order valence-electron chi connectivity index (χ4n) is 1.47. The summed E-state index contributed by atoms with van der Waals surface area (Å²) in [7, 11) is 1.40. The van der Waals surface area contributed by atoms with E-state index in [9.17, 15) is 9.90 Å². The molecular formula is C9H16O3S. The number of hydrogen-bond acceptors (Lipinski definition) is 4. The number of carbonyl (C=O) groups is 1. The summed E-state index contributed by atoms with van der Waals surface area (Å²) < 4.78 is 4.55. The Labute approximate surface area is 82.8 Å². The summed E-state index contributed by atoms with van der Waals surface area (Å²) in [6.45, 7) is 0. The summed E-state index contributed by atoms with van der Waals surface area (Å²) in [5.41, 5.74) is 0. The Balaban J connectivity index is 2.22. The van der Waals surface area contributed by atoms with Gasteiger partial charge in [0.2, 0.25) is 0 Å². The first kappa shape index (κ1) is 10.9. The summed E-state index contributed by atoms with van der Waals surface area (Å²) in [5.74, 6) is 2.11. The molecule has 1 saturated heterocycles. The average molecular weight is 204 g/mol. The molecule has 0 aromatic rings. The molecule has 0 saturated carbocycles. The van der Waals surface area contributed by atoms with E-state index in [0.717, 1.165) is 24.3 Å². The third-order valence-electron chi connectivity index (χ3n) is 2.38. The minimum absolute atomic E-state index is 0.178. The molecule has 1 N–H and O–H groups in total. The SMILES string of the molecule is COC(=O)CC[C@H]1CSCC[C@H]1O. The van der Waals surface area contributed by atoms with Gasteiger partial charge in [0.25, 0.3) is 0 Å². The Bertz CT molecular complexity index is 172. The van der Waals surface area contributed by atoms with E-state index in [1.165, 1.54) is 7.11 Å². The Hall–Kier alpha value is -0.220. The Morgan fingerprint density at radius 2 is 2.46 bits per heavy atom. The van der Waals surface area contributed by atoms with Crippen LogP contribution in [0, 0.1) is 5.92 Å². The summed E-state index contributed by atoms with van der Waals surface area (Å²) >= 11 is 1.85. The average Bonchev–Trinajstić information content (AvgIpc) is 2.16. The molecule has 1 aliphatic rings. The molecule has 2 atom stereocenters. The molecule has 1 fully saturated rings. The van der Waals surface area contributed by atoms with Gasteiger partial charge in [-0.25, -0.2) is 0 Å². The van der Waals surface area contributed by atoms with E-state index in [0.29, 0.717) is 6.42 Å². The molecule has 0 aromatic carbocycles. The molecular weight excluding hydrogens is 188 g/mol. The van der Waals surface area contributed by atoms with Crippen molar-refractivity contribution in [1.29, 1.82) is 0 Å². The zero-order valence-corrected chi connectivity index (χ0v) is 8.68. The van der Waals surface area contributed by atoms with E-state index in [2.05, 4.69) is 4.74 Å². The molecule has 13 heavy (non-hydrogen) atoms. The van der Waals surface area contributed by atoms with Crippen molar-refractivity contribution in [3.05, 3.63) is 0 Å². The highest BCUT2D eigenvalue weighted by molar-refractivity contribution is 7.99. The second kappa shape index (κ2) is 5.50. The predicted molar refractivity (Wildman–Crippen MR) is 52.7 cm³/mol. The minimum atomic E-state index is -0.217. The van der Waals surface area contributed by atoms with Crippen molar-refractivity contribution < 1.29 is 14.6 Å². The van der Waals surface area contributed by atoms with Crippen molar-refractivity contribution in [2.24, 2.45) is 5.92 Å². The minimum Gasteiger partial charge on any atom is -0.469 e. The first-order chi connectivity index (χ1) is 6.24. The van der Waals surface area contributed by atoms with Crippen LogP contribution in [-0.2, 0) is 9.53 Å². The molecule has 0 unspecified atom stereocenters. The zero-order valence-electron chi connectivity index (χ0n) is 7.86. The van der Waals surface area contributed by atoms with E-state index in [1.54, 1.807) is 0 Å². The lowest BCUT2D eigenvalue weighted by atomic mass is 9.96. The number of rotatable bonds is 3. The molecule has 0 aromatic heterocycles. The molecule has 0 bridgehead atoms. The number of aliphatic hydroxyl groups excluding tert-OH is 1. The van der Waals surface area contributed by atoms with Gasteiger partial charge in [-0.3, -0.25) is 4.79 Å². The lowest BCUT2D eigenvalue weighted by Gasteiger charge is -2.26. The van der Waals surface area contributed by atoms with E-state index in [-0.39, 0.29) is 18.0 Å². The highest BCUT2D eigenvalue weighted by Gasteiger charge is 2.23. The number of thioether (sulfide) groups is 1. The van der Waals surface area contributed by atoms with Gasteiger partial charge in [-0.2, -0.15) is 11.8 Å². The third-order valence-corrected chi connectivity index (χ3v) is 3.57. The maximum atomic E-state index is 10.9. The topological polar surface area (TPSA) is 46.5 Å². The fourth-order valence-corrected chi connectivity index (χ4v) is 2.73. The molecule has 76 valence electrons. The van der Waals surface area contributed by atoms with Gasteiger partial charge in [0, 0.05) is 6.42 Å². The number of aliphatic hydroxyl groups is 1. The van der Waals surface area contributed by atoms with Gasteiger partial charge >= 0.3 is 5.97 Å². The Morgan fingerprint density at radius 3 is 3.08 bits per heavy atom. The first-order valence-corrected chi connectivity index (χ1v) is 5.72. The molecule has 3 nitrogen and oxygen atoms in total. The highest BCUT2D eigenvalue weighted by atomic mass is 32.2. The monoisotopic (exact) mass is 204 g/mol. The van der Waals surface area contributed by atoms with Crippen LogP contribution in [0.4, 0.5) is 0 Å². The summed E-state index contributed by atoms with van der Waals surface area (Å²) in [6, 6.07) is 0. The first-order valence-electron chi connectivity index (χ1n) is 4.56. The van der Waals surface area contributed by atoms with Gasteiger partial charge in [0.1, 0.15) is 0 Å². The van der Waals surface area contributed by atoms with Gasteiger partial charge in [0.15, 0.2) is 0 Å². The van der Waals surface area contributed by atoms with Crippen LogP contribution >= 0.6 is 11.8 Å². The largest absolute Gasteiger partial charge is 0.469 e. The van der Waals surface area contributed by atoms with Crippen molar-refractivity contribution in [2.75, 3.05) is 18.6 Å². The van der Waals surface area contributed by atoms with Gasteiger partial charge in [0.05, 0.1) is 13.2 Å². The number of ether oxygens (including phenoxy) is 1. The molecule has 4 heteroatoms. The second-order valence-electron chi connectivity index (χ2n) is 3.31. The zero-order chi connectivity index (χ0) is 9.68. The normalized spacial score (nSPS) is 28.5. The molecule has 0 aliphatic carbocycles. The fraction of sp³-hybridized carbons (Fsp3) is 0.889. The molecule has 0 spiro atoms. The number of esters is 1. The van der Waals surface area contributed by atoms with E-state index >= 15 is 0 Å². The van der Waals surface area contributed by atoms with E-state index in [1.807, 2.05) is 11.8 Å².